The predicted molar refractivity (Wildman–Crippen MR) is 85.1 cm³/mol. The van der Waals surface area contributed by atoms with Gasteiger partial charge in [-0.05, 0) is 46.1 Å². The first kappa shape index (κ1) is 18.8. The van der Waals surface area contributed by atoms with Gasteiger partial charge in [-0.3, -0.25) is 8.47 Å². The van der Waals surface area contributed by atoms with Gasteiger partial charge in [0.1, 0.15) is 5.44 Å². The number of aliphatic hydroxyl groups excluding tert-OH is 1. The molecule has 1 heterocycles. The number of hydroxylamine groups is 1. The molecule has 2 unspecified atom stereocenters. The molecule has 0 radical (unpaired) electrons. The third-order valence-corrected chi connectivity index (χ3v) is 8.77. The Balaban J connectivity index is 2.73. The Morgan fingerprint density at radius 1 is 1.55 bits per heavy atom. The molecular weight excluding hydrogens is 325 g/mol. The van der Waals surface area contributed by atoms with E-state index in [4.69, 9.17) is 8.47 Å². The van der Waals surface area contributed by atoms with E-state index in [1.165, 1.54) is 5.01 Å². The van der Waals surface area contributed by atoms with Crippen molar-refractivity contribution < 1.29 is 18.1 Å². The SMILES string of the molecule is CCC1NO[C@H](S(C)(OS)SN(F)N(C)C)CC[C@@H]1O. The van der Waals surface area contributed by atoms with Gasteiger partial charge in [-0.15, -0.1) is 4.48 Å². The first-order chi connectivity index (χ1) is 9.34. The van der Waals surface area contributed by atoms with E-state index in [1.54, 1.807) is 20.4 Å². The molecule has 0 aromatic carbocycles. The second-order valence-electron chi connectivity index (χ2n) is 4.88. The summed E-state index contributed by atoms with van der Waals surface area (Å²) in [5.74, 6) is 0. The van der Waals surface area contributed by atoms with Crippen LogP contribution in [-0.2, 0) is 8.47 Å². The van der Waals surface area contributed by atoms with Gasteiger partial charge >= 0.3 is 0 Å². The molecule has 122 valence electrons. The van der Waals surface area contributed by atoms with Crippen LogP contribution >= 0.6 is 33.2 Å². The molecule has 1 saturated heterocycles. The summed E-state index contributed by atoms with van der Waals surface area (Å²) in [7, 11) is 2.09. The molecule has 1 rings (SSSR count). The number of nitrogens with one attached hydrogen (secondary N) is 1. The molecule has 2 N–H and O–H groups in total. The molecule has 0 amide bonds. The van der Waals surface area contributed by atoms with E-state index in [2.05, 4.69) is 18.4 Å². The van der Waals surface area contributed by atoms with Crippen LogP contribution in [0.1, 0.15) is 26.2 Å². The molecule has 1 aliphatic rings. The Morgan fingerprint density at radius 3 is 2.70 bits per heavy atom. The smallest absolute Gasteiger partial charge is 0.140 e. The summed E-state index contributed by atoms with van der Waals surface area (Å²) in [5, 5.41) is 11.3. The van der Waals surface area contributed by atoms with Gasteiger partial charge in [0.05, 0.1) is 23.1 Å². The quantitative estimate of drug-likeness (QED) is 0.170. The maximum absolute atomic E-state index is 13.8. The van der Waals surface area contributed by atoms with Crippen LogP contribution in [0.4, 0.5) is 4.48 Å². The second kappa shape index (κ2) is 8.39. The zero-order valence-electron chi connectivity index (χ0n) is 12.2. The summed E-state index contributed by atoms with van der Waals surface area (Å²) in [6.07, 6.45) is 3.21. The summed E-state index contributed by atoms with van der Waals surface area (Å²) < 4.78 is 19.5. The lowest BCUT2D eigenvalue weighted by Gasteiger charge is -2.39. The molecule has 0 aromatic rings. The highest BCUT2D eigenvalue weighted by molar-refractivity contribution is 8.92. The van der Waals surface area contributed by atoms with Gasteiger partial charge in [-0.2, -0.15) is 5.48 Å². The first-order valence-electron chi connectivity index (χ1n) is 6.36. The minimum absolute atomic E-state index is 0.121. The van der Waals surface area contributed by atoms with Crippen LogP contribution in [0.25, 0.3) is 0 Å². The normalized spacial score (nSPS) is 33.0. The lowest BCUT2D eigenvalue weighted by molar-refractivity contribution is -0.0348. The fourth-order valence-electron chi connectivity index (χ4n) is 1.76. The highest BCUT2D eigenvalue weighted by Crippen LogP contribution is 2.65. The van der Waals surface area contributed by atoms with Crippen LogP contribution in [0.2, 0.25) is 0 Å². The monoisotopic (exact) mass is 349 g/mol. The minimum atomic E-state index is -2.01. The van der Waals surface area contributed by atoms with Crippen molar-refractivity contribution in [3.8, 4) is 0 Å². The first-order valence-corrected chi connectivity index (χ1v) is 10.0. The van der Waals surface area contributed by atoms with Crippen molar-refractivity contribution in [2.45, 2.75) is 43.8 Å². The lowest BCUT2D eigenvalue weighted by atomic mass is 10.1. The zero-order chi connectivity index (χ0) is 15.3. The highest BCUT2D eigenvalue weighted by atomic mass is 33.2. The van der Waals surface area contributed by atoms with Crippen LogP contribution in [0, 0.1) is 0 Å². The Labute approximate surface area is 130 Å². The topological polar surface area (TPSA) is 57.2 Å². The fourth-order valence-corrected chi connectivity index (χ4v) is 5.60. The van der Waals surface area contributed by atoms with Crippen molar-refractivity contribution in [3.05, 3.63) is 0 Å². The number of aliphatic hydroxyl groups is 1. The Kier molecular flexibility index (Phi) is 7.88. The fraction of sp³-hybridized carbons (Fsp3) is 1.00. The Bertz CT molecular complexity index is 306. The van der Waals surface area contributed by atoms with E-state index in [-0.39, 0.29) is 11.5 Å². The van der Waals surface area contributed by atoms with E-state index in [0.717, 1.165) is 17.4 Å². The summed E-state index contributed by atoms with van der Waals surface area (Å²) in [6.45, 7) is 1.97. The third-order valence-electron chi connectivity index (χ3n) is 3.10. The Morgan fingerprint density at radius 2 is 2.20 bits per heavy atom. The summed E-state index contributed by atoms with van der Waals surface area (Å²) in [5.41, 5.74) is 2.50. The van der Waals surface area contributed by atoms with Crippen molar-refractivity contribution in [2.75, 3.05) is 20.4 Å². The van der Waals surface area contributed by atoms with Gasteiger partial charge in [0.25, 0.3) is 0 Å². The van der Waals surface area contributed by atoms with Crippen molar-refractivity contribution in [1.29, 1.82) is 0 Å². The lowest BCUT2D eigenvalue weighted by Crippen LogP contribution is -2.38. The Hall–Kier alpha value is 0.740. The molecule has 0 bridgehead atoms. The van der Waals surface area contributed by atoms with Crippen LogP contribution in [-0.4, -0.2) is 52.7 Å². The molecular formula is C10H24FN3O3S3. The van der Waals surface area contributed by atoms with Gasteiger partial charge in [0, 0.05) is 20.4 Å². The van der Waals surface area contributed by atoms with E-state index in [0.29, 0.717) is 17.5 Å². The highest BCUT2D eigenvalue weighted by Gasteiger charge is 2.39. The standard InChI is InChI=1S/C10H24FN3O3S3/c1-5-8-9(15)6-7-10(16-12-8)20(4,17-18)19-14(11)13(2)3/h8-10,12,15,18H,5-7H2,1-4H3/t8?,9-,10+/m0/s1. The molecule has 0 aromatic heterocycles. The molecule has 20 heavy (non-hydrogen) atoms. The summed E-state index contributed by atoms with van der Waals surface area (Å²) >= 11 is 3.89. The summed E-state index contributed by atoms with van der Waals surface area (Å²) in [6, 6.07) is -0.121. The number of halogens is 1. The average Bonchev–Trinajstić information content (AvgIpc) is 2.60. The number of hydrogen-bond acceptors (Lipinski definition) is 8. The van der Waals surface area contributed by atoms with Gasteiger partial charge in [0.2, 0.25) is 0 Å². The number of hydrogen-bond donors (Lipinski definition) is 3. The van der Waals surface area contributed by atoms with Gasteiger partial charge in [-0.25, -0.2) is 5.01 Å². The van der Waals surface area contributed by atoms with Crippen molar-refractivity contribution in [2.24, 2.45) is 0 Å². The molecule has 10 heteroatoms. The van der Waals surface area contributed by atoms with Crippen LogP contribution < -0.4 is 5.48 Å². The van der Waals surface area contributed by atoms with E-state index in [9.17, 15) is 9.59 Å². The van der Waals surface area contributed by atoms with Crippen LogP contribution in [0.3, 0.4) is 0 Å². The maximum atomic E-state index is 13.8. The summed E-state index contributed by atoms with van der Waals surface area (Å²) in [4.78, 5) is 5.63. The van der Waals surface area contributed by atoms with Crippen molar-refractivity contribution in [1.82, 2.24) is 15.1 Å². The molecule has 0 aliphatic carbocycles. The maximum Gasteiger partial charge on any atom is 0.140 e. The minimum Gasteiger partial charge on any atom is -0.391 e. The molecule has 1 fully saturated rings. The largest absolute Gasteiger partial charge is 0.391 e. The number of hydrazine groups is 1. The molecule has 4 atom stereocenters. The number of rotatable bonds is 6. The molecule has 1 aliphatic heterocycles. The van der Waals surface area contributed by atoms with E-state index in [1.807, 2.05) is 6.92 Å². The van der Waals surface area contributed by atoms with Crippen molar-refractivity contribution >= 4 is 33.2 Å². The van der Waals surface area contributed by atoms with Gasteiger partial charge in [0.15, 0.2) is 0 Å². The van der Waals surface area contributed by atoms with Gasteiger partial charge < -0.3 is 5.11 Å². The van der Waals surface area contributed by atoms with Crippen LogP contribution in [0.15, 0.2) is 0 Å². The van der Waals surface area contributed by atoms with E-state index < -0.39 is 15.4 Å². The zero-order valence-corrected chi connectivity index (χ0v) is 14.7. The predicted octanol–water partition coefficient (Wildman–Crippen LogP) is 2.20. The van der Waals surface area contributed by atoms with Gasteiger partial charge in [-0.1, -0.05) is 6.92 Å². The third kappa shape index (κ3) is 4.89. The van der Waals surface area contributed by atoms with E-state index >= 15 is 0 Å². The number of thiol groups is 1. The molecule has 0 spiro atoms. The van der Waals surface area contributed by atoms with Crippen molar-refractivity contribution in [3.63, 3.8) is 0 Å². The average molecular weight is 350 g/mol. The number of nitrogens with zero attached hydrogens (tertiary/aromatic N) is 2. The molecule has 6 nitrogen and oxygen atoms in total. The molecule has 0 saturated carbocycles. The second-order valence-corrected chi connectivity index (χ2v) is 10.5. The van der Waals surface area contributed by atoms with Crippen LogP contribution in [0.5, 0.6) is 0 Å².